The van der Waals surface area contributed by atoms with Gasteiger partial charge in [-0.05, 0) is 123 Å². The first kappa shape index (κ1) is 27.2. The normalized spacial score (nSPS) is 12.8. The van der Waals surface area contributed by atoms with E-state index in [1.165, 1.54) is 98.4 Å². The summed E-state index contributed by atoms with van der Waals surface area (Å²) in [5.41, 5.74) is 10.6. The second-order valence-corrected chi connectivity index (χ2v) is 13.1. The maximum absolute atomic E-state index is 2.38. The maximum atomic E-state index is 2.38. The Morgan fingerprint density at radius 2 is 0.979 bits per heavy atom. The van der Waals surface area contributed by atoms with Crippen molar-refractivity contribution >= 4 is 59.9 Å². The average Bonchev–Trinajstić information content (AvgIpc) is 3.16. The lowest BCUT2D eigenvalue weighted by molar-refractivity contribution is 0.992. The van der Waals surface area contributed by atoms with E-state index in [2.05, 4.69) is 170 Å². The summed E-state index contributed by atoms with van der Waals surface area (Å²) in [6, 6.07) is 58.5. The van der Waals surface area contributed by atoms with Crippen LogP contribution >= 0.6 is 0 Å². The van der Waals surface area contributed by atoms with Crippen molar-refractivity contribution < 1.29 is 0 Å². The first-order valence-corrected chi connectivity index (χ1v) is 17.0. The number of fused-ring (bicyclic) bond motifs is 7. The van der Waals surface area contributed by atoms with Crippen molar-refractivity contribution in [2.45, 2.75) is 12.8 Å². The van der Waals surface area contributed by atoms with Gasteiger partial charge in [0, 0.05) is 0 Å². The molecule has 0 nitrogen and oxygen atoms in total. The van der Waals surface area contributed by atoms with E-state index in [0.717, 1.165) is 12.8 Å². The van der Waals surface area contributed by atoms with Crippen LogP contribution in [0.5, 0.6) is 0 Å². The van der Waals surface area contributed by atoms with Gasteiger partial charge in [-0.1, -0.05) is 158 Å². The van der Waals surface area contributed by atoms with Gasteiger partial charge in [-0.25, -0.2) is 0 Å². The van der Waals surface area contributed by atoms with Crippen LogP contribution in [0.15, 0.2) is 164 Å². The van der Waals surface area contributed by atoms with Gasteiger partial charge in [-0.2, -0.15) is 0 Å². The summed E-state index contributed by atoms with van der Waals surface area (Å²) < 4.78 is 0. The summed E-state index contributed by atoms with van der Waals surface area (Å²) in [7, 11) is 0. The molecule has 0 aromatic heterocycles. The molecule has 0 fully saturated rings. The molecular formula is C48H32. The van der Waals surface area contributed by atoms with Crippen molar-refractivity contribution in [2.75, 3.05) is 0 Å². The molecule has 0 heteroatoms. The fraction of sp³-hybridized carbons (Fsp3) is 0.0417. The molecule has 0 N–H and O–H groups in total. The minimum atomic E-state index is 1.03. The maximum Gasteiger partial charge on any atom is -0.00297 e. The lowest BCUT2D eigenvalue weighted by Gasteiger charge is -2.24. The van der Waals surface area contributed by atoms with Gasteiger partial charge in [0.2, 0.25) is 0 Å². The van der Waals surface area contributed by atoms with Gasteiger partial charge in [-0.15, -0.1) is 0 Å². The SMILES string of the molecule is C1=Cc2c(c(-c3cccc4c3ccc3cc5ccccc5cc34)c3ccccc3c2-c2ccc(-c3cccc4ccccc34)cc2)CC1. The second-order valence-electron chi connectivity index (χ2n) is 13.1. The minimum absolute atomic E-state index is 1.03. The highest BCUT2D eigenvalue weighted by Gasteiger charge is 2.23. The third-order valence-corrected chi connectivity index (χ3v) is 10.5. The molecule has 9 aromatic rings. The molecule has 0 atom stereocenters. The zero-order chi connectivity index (χ0) is 31.6. The van der Waals surface area contributed by atoms with Gasteiger partial charge in [0.15, 0.2) is 0 Å². The zero-order valence-electron chi connectivity index (χ0n) is 26.6. The lowest BCUT2D eigenvalue weighted by atomic mass is 9.79. The van der Waals surface area contributed by atoms with Gasteiger partial charge in [-0.3, -0.25) is 0 Å². The summed E-state index contributed by atoms with van der Waals surface area (Å²) in [6.45, 7) is 0. The average molecular weight is 609 g/mol. The molecule has 0 saturated heterocycles. The Hall–Kier alpha value is -5.98. The molecule has 224 valence electrons. The van der Waals surface area contributed by atoms with Gasteiger partial charge in [0.25, 0.3) is 0 Å². The molecule has 48 heavy (non-hydrogen) atoms. The summed E-state index contributed by atoms with van der Waals surface area (Å²) in [4.78, 5) is 0. The lowest BCUT2D eigenvalue weighted by Crippen LogP contribution is -2.03. The standard InChI is InChI=1S/C48H32/c1-2-13-35-30-46-36(29-34(35)12-1)27-28-40-39(46)21-10-22-41(40)48-44-18-7-5-16-42(44)47(43-17-6-8-19-45(43)48)33-25-23-32(24-26-33)38-20-9-14-31-11-3-4-15-37(31)38/h1-7,9-18,20-30H,8,19H2. The number of allylic oxidation sites excluding steroid dienone is 1. The van der Waals surface area contributed by atoms with Crippen LogP contribution in [-0.2, 0) is 6.42 Å². The molecule has 0 unspecified atom stereocenters. The molecule has 0 heterocycles. The Balaban J connectivity index is 1.20. The molecule has 0 radical (unpaired) electrons. The first-order chi connectivity index (χ1) is 23.8. The number of benzene rings is 9. The predicted molar refractivity (Wildman–Crippen MR) is 208 cm³/mol. The Morgan fingerprint density at radius 1 is 0.354 bits per heavy atom. The van der Waals surface area contributed by atoms with E-state index in [9.17, 15) is 0 Å². The fourth-order valence-electron chi connectivity index (χ4n) is 8.30. The molecular weight excluding hydrogens is 577 g/mol. The highest BCUT2D eigenvalue weighted by Crippen LogP contribution is 2.47. The summed E-state index contributed by atoms with van der Waals surface area (Å²) >= 11 is 0. The molecule has 9 aromatic carbocycles. The van der Waals surface area contributed by atoms with Crippen molar-refractivity contribution in [2.24, 2.45) is 0 Å². The van der Waals surface area contributed by atoms with Crippen LogP contribution in [0.1, 0.15) is 17.5 Å². The highest BCUT2D eigenvalue weighted by atomic mass is 14.3. The predicted octanol–water partition coefficient (Wildman–Crippen LogP) is 13.4. The monoisotopic (exact) mass is 608 g/mol. The number of hydrogen-bond acceptors (Lipinski definition) is 0. The molecule has 10 rings (SSSR count). The summed E-state index contributed by atoms with van der Waals surface area (Å²) in [6.07, 6.45) is 6.82. The molecule has 0 spiro atoms. The van der Waals surface area contributed by atoms with E-state index < -0.39 is 0 Å². The van der Waals surface area contributed by atoms with Crippen molar-refractivity contribution in [1.82, 2.24) is 0 Å². The van der Waals surface area contributed by atoms with Crippen LogP contribution in [0.3, 0.4) is 0 Å². The van der Waals surface area contributed by atoms with E-state index in [-0.39, 0.29) is 0 Å². The third-order valence-electron chi connectivity index (χ3n) is 10.5. The molecule has 0 aliphatic heterocycles. The molecule has 1 aliphatic carbocycles. The molecule has 1 aliphatic rings. The molecule has 0 amide bonds. The largest absolute Gasteiger partial charge is 0.0836 e. The summed E-state index contributed by atoms with van der Waals surface area (Å²) in [5.74, 6) is 0. The van der Waals surface area contributed by atoms with Crippen molar-refractivity contribution in [3.05, 3.63) is 175 Å². The second kappa shape index (κ2) is 10.8. The van der Waals surface area contributed by atoms with E-state index in [1.807, 2.05) is 0 Å². The number of hydrogen-bond donors (Lipinski definition) is 0. The van der Waals surface area contributed by atoms with Crippen LogP contribution in [0.4, 0.5) is 0 Å². The molecule has 0 saturated carbocycles. The Kier molecular flexibility index (Phi) is 6.11. The topological polar surface area (TPSA) is 0 Å². The molecule has 0 bridgehead atoms. The van der Waals surface area contributed by atoms with Crippen molar-refractivity contribution in [3.8, 4) is 33.4 Å². The van der Waals surface area contributed by atoms with Gasteiger partial charge >= 0.3 is 0 Å². The Labute approximate surface area is 280 Å². The van der Waals surface area contributed by atoms with E-state index in [0.29, 0.717) is 0 Å². The van der Waals surface area contributed by atoms with E-state index in [1.54, 1.807) is 0 Å². The first-order valence-electron chi connectivity index (χ1n) is 17.0. The van der Waals surface area contributed by atoms with Crippen LogP contribution < -0.4 is 0 Å². The van der Waals surface area contributed by atoms with Crippen LogP contribution in [0.25, 0.3) is 93.3 Å². The quantitative estimate of drug-likeness (QED) is 0.138. The summed E-state index contributed by atoms with van der Waals surface area (Å²) in [5, 5.41) is 13.0. The Morgan fingerprint density at radius 3 is 1.81 bits per heavy atom. The zero-order valence-corrected chi connectivity index (χ0v) is 26.6. The van der Waals surface area contributed by atoms with Gasteiger partial charge in [0.05, 0.1) is 0 Å². The van der Waals surface area contributed by atoms with Crippen LogP contribution in [-0.4, -0.2) is 0 Å². The minimum Gasteiger partial charge on any atom is -0.0836 e. The number of rotatable bonds is 3. The van der Waals surface area contributed by atoms with Gasteiger partial charge < -0.3 is 0 Å². The van der Waals surface area contributed by atoms with Crippen molar-refractivity contribution in [1.29, 1.82) is 0 Å². The smallest absolute Gasteiger partial charge is 0.00297 e. The van der Waals surface area contributed by atoms with Crippen LogP contribution in [0.2, 0.25) is 0 Å². The van der Waals surface area contributed by atoms with Crippen molar-refractivity contribution in [3.63, 3.8) is 0 Å². The third kappa shape index (κ3) is 4.16. The van der Waals surface area contributed by atoms with E-state index >= 15 is 0 Å². The highest BCUT2D eigenvalue weighted by molar-refractivity contribution is 6.19. The Bertz CT molecular complexity index is 2750. The fourth-order valence-corrected chi connectivity index (χ4v) is 8.30. The van der Waals surface area contributed by atoms with Crippen LogP contribution in [0, 0.1) is 0 Å². The van der Waals surface area contributed by atoms with Gasteiger partial charge in [0.1, 0.15) is 0 Å². The van der Waals surface area contributed by atoms with E-state index in [4.69, 9.17) is 0 Å².